The monoisotopic (exact) mass is 378 g/mol. The molecule has 0 spiro atoms. The lowest BCUT2D eigenvalue weighted by molar-refractivity contribution is 0.598. The molecule has 0 saturated heterocycles. The minimum Gasteiger partial charge on any atom is -0.268 e. The van der Waals surface area contributed by atoms with E-state index in [9.17, 15) is 18.0 Å². The van der Waals surface area contributed by atoms with E-state index >= 15 is 0 Å². The first-order valence-corrected chi connectivity index (χ1v) is 9.62. The van der Waals surface area contributed by atoms with Gasteiger partial charge >= 0.3 is 0 Å². The fourth-order valence-electron chi connectivity index (χ4n) is 3.16. The van der Waals surface area contributed by atoms with Crippen molar-refractivity contribution in [3.63, 3.8) is 0 Å². The van der Waals surface area contributed by atoms with E-state index in [0.29, 0.717) is 21.5 Å². The van der Waals surface area contributed by atoms with E-state index in [0.717, 1.165) is 4.57 Å². The first-order chi connectivity index (χ1) is 12.9. The average molecular weight is 378 g/mol. The maximum atomic E-state index is 13.2. The van der Waals surface area contributed by atoms with Crippen molar-refractivity contribution in [1.29, 1.82) is 0 Å². The molecule has 6 nitrogen and oxygen atoms in total. The molecule has 0 saturated carbocycles. The van der Waals surface area contributed by atoms with Gasteiger partial charge in [0.1, 0.15) is 0 Å². The fourth-order valence-corrected chi connectivity index (χ4v) is 3.68. The number of aromatic nitrogens is 1. The highest BCUT2D eigenvalue weighted by Gasteiger charge is 2.13. The Morgan fingerprint density at radius 1 is 0.630 bits per heavy atom. The molecule has 0 aliphatic rings. The van der Waals surface area contributed by atoms with Crippen molar-refractivity contribution in [2.45, 2.75) is 4.90 Å². The van der Waals surface area contributed by atoms with Gasteiger partial charge in [0.2, 0.25) is 10.0 Å². The summed E-state index contributed by atoms with van der Waals surface area (Å²) in [4.78, 5) is 26.2. The second kappa shape index (κ2) is 6.15. The predicted molar refractivity (Wildman–Crippen MR) is 105 cm³/mol. The van der Waals surface area contributed by atoms with Crippen molar-refractivity contribution < 1.29 is 8.42 Å². The number of hydrogen-bond donors (Lipinski definition) is 1. The molecule has 2 N–H and O–H groups in total. The quantitative estimate of drug-likeness (QED) is 0.578. The summed E-state index contributed by atoms with van der Waals surface area (Å²) in [6.45, 7) is 0. The number of rotatable bonds is 2. The molecule has 1 heterocycles. The highest BCUT2D eigenvalue weighted by atomic mass is 32.2. The third-order valence-electron chi connectivity index (χ3n) is 4.43. The van der Waals surface area contributed by atoms with Crippen LogP contribution in [0.25, 0.3) is 27.2 Å². The second-order valence-corrected chi connectivity index (χ2v) is 7.64. The van der Waals surface area contributed by atoms with E-state index in [4.69, 9.17) is 5.14 Å². The lowest BCUT2D eigenvalue weighted by Crippen LogP contribution is -2.28. The van der Waals surface area contributed by atoms with Crippen LogP contribution in [-0.4, -0.2) is 13.0 Å². The van der Waals surface area contributed by atoms with Gasteiger partial charge in [-0.15, -0.1) is 0 Å². The summed E-state index contributed by atoms with van der Waals surface area (Å²) in [5.41, 5.74) is -0.686. The summed E-state index contributed by atoms with van der Waals surface area (Å²) >= 11 is 0. The van der Waals surface area contributed by atoms with Gasteiger partial charge in [-0.25, -0.2) is 18.1 Å². The maximum absolute atomic E-state index is 13.2. The Labute approximate surface area is 154 Å². The topological polar surface area (TPSA) is 99.2 Å². The van der Waals surface area contributed by atoms with Crippen molar-refractivity contribution in [3.05, 3.63) is 93.5 Å². The lowest BCUT2D eigenvalue weighted by atomic mass is 10.1. The zero-order valence-electron chi connectivity index (χ0n) is 14.0. The first-order valence-electron chi connectivity index (χ1n) is 8.08. The number of nitrogens with two attached hydrogens (primary N) is 1. The van der Waals surface area contributed by atoms with E-state index < -0.39 is 21.1 Å². The standard InChI is InChI=1S/C20H14N2O4S/c21-27(25,26)14-11-9-13(10-12-14)22-19(23)17-7-3-1-5-15(17)16-6-2-4-8-18(16)20(22)24/h1-12H,(H2,21,25,26). The van der Waals surface area contributed by atoms with Gasteiger partial charge < -0.3 is 0 Å². The van der Waals surface area contributed by atoms with Crippen LogP contribution in [0, 0.1) is 0 Å². The van der Waals surface area contributed by atoms with Crippen LogP contribution in [0.1, 0.15) is 0 Å². The van der Waals surface area contributed by atoms with Crippen molar-refractivity contribution >= 4 is 31.6 Å². The summed E-state index contributed by atoms with van der Waals surface area (Å²) in [5.74, 6) is 0. The van der Waals surface area contributed by atoms with Gasteiger partial charge in [-0.05, 0) is 47.2 Å². The maximum Gasteiger partial charge on any atom is 0.265 e. The Kier molecular flexibility index (Phi) is 3.91. The molecular formula is C20H14N2O4S. The van der Waals surface area contributed by atoms with Crippen LogP contribution in [0.5, 0.6) is 0 Å². The summed E-state index contributed by atoms with van der Waals surface area (Å²) in [7, 11) is -3.87. The third kappa shape index (κ3) is 2.83. The van der Waals surface area contributed by atoms with Gasteiger partial charge in [-0.1, -0.05) is 36.4 Å². The Hall–Kier alpha value is -3.29. The Bertz CT molecular complexity index is 1350. The number of fused-ring (bicyclic) bond motifs is 3. The number of sulfonamides is 1. The summed E-state index contributed by atoms with van der Waals surface area (Å²) in [6, 6.07) is 19.3. The Balaban J connectivity index is 2.18. The van der Waals surface area contributed by atoms with Crippen LogP contribution in [-0.2, 0) is 10.0 Å². The Morgan fingerprint density at radius 2 is 1.04 bits per heavy atom. The second-order valence-electron chi connectivity index (χ2n) is 6.08. The zero-order valence-corrected chi connectivity index (χ0v) is 14.8. The summed E-state index contributed by atoms with van der Waals surface area (Å²) in [5, 5.41) is 7.26. The smallest absolute Gasteiger partial charge is 0.265 e. The molecule has 0 fully saturated rings. The van der Waals surface area contributed by atoms with Crippen LogP contribution in [0.3, 0.4) is 0 Å². The molecule has 4 aromatic rings. The van der Waals surface area contributed by atoms with Crippen LogP contribution in [0.15, 0.2) is 87.3 Å². The Morgan fingerprint density at radius 3 is 1.44 bits per heavy atom. The summed E-state index contributed by atoms with van der Waals surface area (Å²) in [6.07, 6.45) is 0. The first kappa shape index (κ1) is 17.1. The average Bonchev–Trinajstić information content (AvgIpc) is 2.76. The molecule has 0 radical (unpaired) electrons. The van der Waals surface area contributed by atoms with Crippen molar-refractivity contribution in [2.75, 3.05) is 0 Å². The van der Waals surface area contributed by atoms with Crippen molar-refractivity contribution in [1.82, 2.24) is 4.57 Å². The normalized spacial score (nSPS) is 11.7. The van der Waals surface area contributed by atoms with Gasteiger partial charge in [-0.2, -0.15) is 0 Å². The fraction of sp³-hybridized carbons (Fsp3) is 0. The number of nitrogens with zero attached hydrogens (tertiary/aromatic N) is 1. The van der Waals surface area contributed by atoms with E-state index in [1.807, 2.05) is 12.1 Å². The van der Waals surface area contributed by atoms with Gasteiger partial charge in [0.25, 0.3) is 11.1 Å². The van der Waals surface area contributed by atoms with Crippen LogP contribution >= 0.6 is 0 Å². The van der Waals surface area contributed by atoms with E-state index in [2.05, 4.69) is 0 Å². The van der Waals surface area contributed by atoms with Crippen molar-refractivity contribution in [3.8, 4) is 5.69 Å². The molecule has 0 bridgehead atoms. The SMILES string of the molecule is NS(=O)(=O)c1ccc(-n2c(=O)c3ccccc3c3ccccc3c2=O)cc1. The highest BCUT2D eigenvalue weighted by Crippen LogP contribution is 2.20. The van der Waals surface area contributed by atoms with Crippen LogP contribution in [0.2, 0.25) is 0 Å². The largest absolute Gasteiger partial charge is 0.268 e. The summed E-state index contributed by atoms with van der Waals surface area (Å²) < 4.78 is 24.0. The molecule has 3 aromatic carbocycles. The van der Waals surface area contributed by atoms with E-state index in [1.54, 1.807) is 36.4 Å². The van der Waals surface area contributed by atoms with Crippen molar-refractivity contribution in [2.24, 2.45) is 5.14 Å². The van der Waals surface area contributed by atoms with E-state index in [-0.39, 0.29) is 10.6 Å². The molecule has 1 aromatic heterocycles. The zero-order chi connectivity index (χ0) is 19.2. The molecule has 4 rings (SSSR count). The highest BCUT2D eigenvalue weighted by molar-refractivity contribution is 7.89. The number of primary sulfonamides is 1. The molecule has 27 heavy (non-hydrogen) atoms. The minimum atomic E-state index is -3.87. The van der Waals surface area contributed by atoms with Gasteiger partial charge in [0.05, 0.1) is 10.6 Å². The number of benzene rings is 3. The molecule has 0 aliphatic heterocycles. The van der Waals surface area contributed by atoms with Gasteiger partial charge in [0, 0.05) is 10.8 Å². The minimum absolute atomic E-state index is 0.0956. The van der Waals surface area contributed by atoms with Gasteiger partial charge in [0.15, 0.2) is 0 Å². The molecule has 0 unspecified atom stereocenters. The molecule has 0 amide bonds. The molecule has 134 valence electrons. The van der Waals surface area contributed by atoms with E-state index in [1.165, 1.54) is 24.3 Å². The lowest BCUT2D eigenvalue weighted by Gasteiger charge is -2.04. The van der Waals surface area contributed by atoms with Gasteiger partial charge in [-0.3, -0.25) is 9.59 Å². The van der Waals surface area contributed by atoms with Crippen LogP contribution < -0.4 is 16.3 Å². The predicted octanol–water partition coefficient (Wildman–Crippen LogP) is 2.15. The number of hydrogen-bond acceptors (Lipinski definition) is 4. The third-order valence-corrected chi connectivity index (χ3v) is 5.36. The molecule has 0 aliphatic carbocycles. The van der Waals surface area contributed by atoms with Crippen LogP contribution in [0.4, 0.5) is 0 Å². The molecule has 7 heteroatoms. The molecular weight excluding hydrogens is 364 g/mol. The molecule has 0 atom stereocenters.